The monoisotopic (exact) mass is 375 g/mol. The van der Waals surface area contributed by atoms with Crippen LogP contribution in [0.4, 0.5) is 11.5 Å². The minimum absolute atomic E-state index is 0.642. The maximum atomic E-state index is 4.84. The number of piperidine rings is 1. The van der Waals surface area contributed by atoms with E-state index in [1.54, 1.807) is 0 Å². The lowest BCUT2D eigenvalue weighted by molar-refractivity contribution is 0.256. The highest BCUT2D eigenvalue weighted by molar-refractivity contribution is 5.82. The summed E-state index contributed by atoms with van der Waals surface area (Å²) in [5.74, 6) is 1.54. The molecule has 2 aliphatic rings. The lowest BCUT2D eigenvalue weighted by atomic mass is 9.90. The Morgan fingerprint density at radius 1 is 1.00 bits per heavy atom. The van der Waals surface area contributed by atoms with Gasteiger partial charge < -0.3 is 20.1 Å². The first-order valence-corrected chi connectivity index (χ1v) is 10.4. The maximum Gasteiger partial charge on any atom is 0.140 e. The van der Waals surface area contributed by atoms with E-state index in [1.165, 1.54) is 48.0 Å². The molecule has 2 aliphatic heterocycles. The van der Waals surface area contributed by atoms with Gasteiger partial charge in [0, 0.05) is 30.4 Å². The largest absolute Gasteiger partial charge is 0.346 e. The van der Waals surface area contributed by atoms with E-state index in [-0.39, 0.29) is 0 Å². The van der Waals surface area contributed by atoms with Gasteiger partial charge in [-0.1, -0.05) is 6.07 Å². The van der Waals surface area contributed by atoms with Gasteiger partial charge in [-0.05, 0) is 93.3 Å². The van der Waals surface area contributed by atoms with Crippen LogP contribution in [-0.2, 0) is 13.0 Å². The predicted octanol–water partition coefficient (Wildman–Crippen LogP) is 4.10. The number of aromatic nitrogens is 2. The zero-order valence-electron chi connectivity index (χ0n) is 16.8. The Kier molecular flexibility index (Phi) is 4.57. The zero-order valence-corrected chi connectivity index (χ0v) is 16.8. The van der Waals surface area contributed by atoms with E-state index in [2.05, 4.69) is 70.7 Å². The number of likely N-dealkylation sites (N-methyl/N-ethyl adjacent to an activating group) is 1. The van der Waals surface area contributed by atoms with Crippen LogP contribution in [0.5, 0.6) is 0 Å². The van der Waals surface area contributed by atoms with Crippen molar-refractivity contribution in [1.82, 2.24) is 19.8 Å². The first kappa shape index (κ1) is 17.7. The molecule has 0 spiro atoms. The summed E-state index contributed by atoms with van der Waals surface area (Å²) >= 11 is 0. The SMILES string of the molecule is CN1CCC(c2c[nH]c3nc(Nc4ccc5c(c4)CN(C)CC5)ccc23)CC1. The molecule has 5 nitrogen and oxygen atoms in total. The van der Waals surface area contributed by atoms with Crippen LogP contribution in [0.3, 0.4) is 0 Å². The molecule has 1 fully saturated rings. The number of nitrogens with zero attached hydrogens (tertiary/aromatic N) is 3. The Bertz CT molecular complexity index is 984. The fraction of sp³-hybridized carbons (Fsp3) is 0.435. The molecule has 146 valence electrons. The molecule has 0 saturated carbocycles. The molecule has 0 bridgehead atoms. The molecular formula is C23H29N5. The Morgan fingerprint density at radius 3 is 2.71 bits per heavy atom. The molecular weight excluding hydrogens is 346 g/mol. The highest BCUT2D eigenvalue weighted by Crippen LogP contribution is 2.33. The van der Waals surface area contributed by atoms with Crippen molar-refractivity contribution in [2.75, 3.05) is 39.0 Å². The van der Waals surface area contributed by atoms with Crippen LogP contribution < -0.4 is 5.32 Å². The van der Waals surface area contributed by atoms with Crippen molar-refractivity contribution in [2.45, 2.75) is 31.7 Å². The van der Waals surface area contributed by atoms with Crippen molar-refractivity contribution in [2.24, 2.45) is 0 Å². The van der Waals surface area contributed by atoms with Crippen LogP contribution >= 0.6 is 0 Å². The number of aromatic amines is 1. The van der Waals surface area contributed by atoms with E-state index in [0.29, 0.717) is 5.92 Å². The van der Waals surface area contributed by atoms with Gasteiger partial charge in [0.05, 0.1) is 0 Å². The summed E-state index contributed by atoms with van der Waals surface area (Å²) in [6.45, 7) is 4.52. The summed E-state index contributed by atoms with van der Waals surface area (Å²) in [7, 11) is 4.40. The van der Waals surface area contributed by atoms with Crippen molar-refractivity contribution < 1.29 is 0 Å². The van der Waals surface area contributed by atoms with Gasteiger partial charge in [-0.15, -0.1) is 0 Å². The van der Waals surface area contributed by atoms with Crippen molar-refractivity contribution in [3.8, 4) is 0 Å². The Labute approximate surface area is 166 Å². The number of nitrogens with one attached hydrogen (secondary N) is 2. The number of anilines is 2. The lowest BCUT2D eigenvalue weighted by Gasteiger charge is -2.28. The average molecular weight is 376 g/mol. The smallest absolute Gasteiger partial charge is 0.140 e. The molecule has 0 radical (unpaired) electrons. The predicted molar refractivity (Wildman–Crippen MR) is 115 cm³/mol. The first-order valence-electron chi connectivity index (χ1n) is 10.4. The van der Waals surface area contributed by atoms with E-state index >= 15 is 0 Å². The van der Waals surface area contributed by atoms with Crippen molar-refractivity contribution >= 4 is 22.5 Å². The van der Waals surface area contributed by atoms with Gasteiger partial charge in [0.25, 0.3) is 0 Å². The Hall–Kier alpha value is -2.37. The van der Waals surface area contributed by atoms with Gasteiger partial charge in [-0.3, -0.25) is 0 Å². The van der Waals surface area contributed by atoms with Crippen LogP contribution in [0, 0.1) is 0 Å². The summed E-state index contributed by atoms with van der Waals surface area (Å²) in [6.07, 6.45) is 5.77. The van der Waals surface area contributed by atoms with Crippen molar-refractivity contribution in [1.29, 1.82) is 0 Å². The van der Waals surface area contributed by atoms with Gasteiger partial charge >= 0.3 is 0 Å². The van der Waals surface area contributed by atoms with E-state index < -0.39 is 0 Å². The standard InChI is InChI=1S/C23H29N5/c1-27-10-8-17(9-11-27)21-14-24-23-20(21)5-6-22(26-23)25-19-4-3-16-7-12-28(2)15-18(16)13-19/h3-6,13-14,17H,7-12,15H2,1-2H3,(H2,24,25,26). The molecule has 4 heterocycles. The fourth-order valence-electron chi connectivity index (χ4n) is 4.68. The second-order valence-electron chi connectivity index (χ2n) is 8.51. The van der Waals surface area contributed by atoms with Crippen LogP contribution in [-0.4, -0.2) is 53.5 Å². The second kappa shape index (κ2) is 7.22. The van der Waals surface area contributed by atoms with E-state index in [9.17, 15) is 0 Å². The molecule has 0 aliphatic carbocycles. The van der Waals surface area contributed by atoms with Crippen LogP contribution in [0.2, 0.25) is 0 Å². The third kappa shape index (κ3) is 3.40. The third-order valence-corrected chi connectivity index (χ3v) is 6.41. The Balaban J connectivity index is 1.37. The molecule has 28 heavy (non-hydrogen) atoms. The van der Waals surface area contributed by atoms with Crippen LogP contribution in [0.25, 0.3) is 11.0 Å². The third-order valence-electron chi connectivity index (χ3n) is 6.41. The minimum Gasteiger partial charge on any atom is -0.346 e. The molecule has 0 amide bonds. The molecule has 5 heteroatoms. The molecule has 1 aromatic carbocycles. The summed E-state index contributed by atoms with van der Waals surface area (Å²) < 4.78 is 0. The lowest BCUT2D eigenvalue weighted by Crippen LogP contribution is -2.29. The maximum absolute atomic E-state index is 4.84. The molecule has 0 atom stereocenters. The van der Waals surface area contributed by atoms with Gasteiger partial charge in [-0.25, -0.2) is 4.98 Å². The number of pyridine rings is 1. The number of benzene rings is 1. The minimum atomic E-state index is 0.642. The summed E-state index contributed by atoms with van der Waals surface area (Å²) in [5, 5.41) is 4.77. The normalized spacial score (nSPS) is 19.1. The fourth-order valence-corrected chi connectivity index (χ4v) is 4.68. The second-order valence-corrected chi connectivity index (χ2v) is 8.51. The summed E-state index contributed by atoms with van der Waals surface area (Å²) in [4.78, 5) is 13.0. The molecule has 2 aromatic heterocycles. The van der Waals surface area contributed by atoms with Gasteiger partial charge in [0.1, 0.15) is 11.5 Å². The number of hydrogen-bond acceptors (Lipinski definition) is 4. The van der Waals surface area contributed by atoms with Crippen LogP contribution in [0.15, 0.2) is 36.5 Å². The van der Waals surface area contributed by atoms with E-state index in [4.69, 9.17) is 4.98 Å². The molecule has 5 rings (SSSR count). The highest BCUT2D eigenvalue weighted by atomic mass is 15.1. The van der Waals surface area contributed by atoms with Crippen LogP contribution in [0.1, 0.15) is 35.4 Å². The zero-order chi connectivity index (χ0) is 19.1. The number of H-pyrrole nitrogens is 1. The topological polar surface area (TPSA) is 47.2 Å². The highest BCUT2D eigenvalue weighted by Gasteiger charge is 2.21. The summed E-state index contributed by atoms with van der Waals surface area (Å²) in [6, 6.07) is 11.0. The molecule has 1 saturated heterocycles. The quantitative estimate of drug-likeness (QED) is 0.723. The molecule has 2 N–H and O–H groups in total. The van der Waals surface area contributed by atoms with E-state index in [1.807, 2.05) is 0 Å². The van der Waals surface area contributed by atoms with Crippen molar-refractivity contribution in [3.05, 3.63) is 53.2 Å². The Morgan fingerprint density at radius 2 is 1.86 bits per heavy atom. The van der Waals surface area contributed by atoms with Gasteiger partial charge in [-0.2, -0.15) is 0 Å². The molecule has 3 aromatic rings. The summed E-state index contributed by atoms with van der Waals surface area (Å²) in [5.41, 5.74) is 6.42. The van der Waals surface area contributed by atoms with E-state index in [0.717, 1.165) is 36.7 Å². The average Bonchev–Trinajstić information content (AvgIpc) is 3.11. The first-order chi connectivity index (χ1) is 13.7. The number of hydrogen-bond donors (Lipinski definition) is 2. The van der Waals surface area contributed by atoms with Gasteiger partial charge in [0.15, 0.2) is 0 Å². The molecule has 0 unspecified atom stereocenters. The van der Waals surface area contributed by atoms with Crippen molar-refractivity contribution in [3.63, 3.8) is 0 Å². The number of rotatable bonds is 3. The number of fused-ring (bicyclic) bond motifs is 2. The van der Waals surface area contributed by atoms with Gasteiger partial charge in [0.2, 0.25) is 0 Å². The number of likely N-dealkylation sites (tertiary alicyclic amines) is 1.